The van der Waals surface area contributed by atoms with Crippen LogP contribution in [0.2, 0.25) is 0 Å². The Morgan fingerprint density at radius 3 is 2.47 bits per heavy atom. The van der Waals surface area contributed by atoms with Crippen molar-refractivity contribution < 1.29 is 9.53 Å². The van der Waals surface area contributed by atoms with Crippen LogP contribution in [0.3, 0.4) is 0 Å². The summed E-state index contributed by atoms with van der Waals surface area (Å²) in [5.74, 6) is 0.340. The van der Waals surface area contributed by atoms with Crippen molar-refractivity contribution in [2.24, 2.45) is 0 Å². The fourth-order valence-corrected chi connectivity index (χ4v) is 2.64. The molecule has 0 bridgehead atoms. The van der Waals surface area contributed by atoms with Gasteiger partial charge in [0.15, 0.2) is 4.60 Å². The van der Waals surface area contributed by atoms with E-state index < -0.39 is 5.60 Å². The van der Waals surface area contributed by atoms with E-state index in [1.165, 1.54) is 0 Å². The van der Waals surface area contributed by atoms with Crippen LogP contribution in [0.1, 0.15) is 45.2 Å². The summed E-state index contributed by atoms with van der Waals surface area (Å²) >= 11 is 3.38. The molecule has 0 spiro atoms. The molecule has 0 atom stereocenters. The first-order valence-corrected chi connectivity index (χ1v) is 7.20. The Morgan fingerprint density at radius 1 is 1.37 bits per heavy atom. The molecule has 0 saturated carbocycles. The number of H-pyrrole nitrogens is 1. The Hall–Kier alpha value is -1.11. The zero-order valence-corrected chi connectivity index (χ0v) is 13.0. The van der Waals surface area contributed by atoms with Gasteiger partial charge in [0.25, 0.3) is 0 Å². The molecule has 1 N–H and O–H groups in total. The van der Waals surface area contributed by atoms with E-state index in [2.05, 4.69) is 31.3 Å². The van der Waals surface area contributed by atoms with Gasteiger partial charge >= 0.3 is 6.09 Å². The lowest BCUT2D eigenvalue weighted by Gasteiger charge is -2.32. The van der Waals surface area contributed by atoms with Crippen LogP contribution in [0.5, 0.6) is 0 Å². The predicted molar refractivity (Wildman–Crippen MR) is 73.9 cm³/mol. The summed E-state index contributed by atoms with van der Waals surface area (Å²) in [4.78, 5) is 13.7. The largest absolute Gasteiger partial charge is 0.444 e. The highest BCUT2D eigenvalue weighted by atomic mass is 79.9. The summed E-state index contributed by atoms with van der Waals surface area (Å²) in [6, 6.07) is 0. The molecule has 1 fully saturated rings. The molecule has 2 rings (SSSR count). The Bertz CT molecular complexity index is 447. The third kappa shape index (κ3) is 3.68. The van der Waals surface area contributed by atoms with Gasteiger partial charge in [0.05, 0.1) is 0 Å². The average molecular weight is 331 g/mol. The number of rotatable bonds is 1. The van der Waals surface area contributed by atoms with E-state index in [1.54, 1.807) is 4.90 Å². The Kier molecular flexibility index (Phi) is 4.13. The SMILES string of the molecule is CC(C)(C)OC(=O)N1CCC(c2n[nH]nc2Br)CC1. The smallest absolute Gasteiger partial charge is 0.410 e. The van der Waals surface area contributed by atoms with Gasteiger partial charge in [-0.25, -0.2) is 4.79 Å². The number of likely N-dealkylation sites (tertiary alicyclic amines) is 1. The van der Waals surface area contributed by atoms with E-state index in [-0.39, 0.29) is 6.09 Å². The number of ether oxygens (including phenoxy) is 1. The first-order valence-electron chi connectivity index (χ1n) is 6.41. The minimum atomic E-state index is -0.441. The molecule has 1 aliphatic rings. The molecule has 2 heterocycles. The van der Waals surface area contributed by atoms with E-state index in [0.717, 1.165) is 23.1 Å². The molecule has 0 radical (unpaired) electrons. The molecule has 1 saturated heterocycles. The van der Waals surface area contributed by atoms with E-state index in [0.29, 0.717) is 19.0 Å². The van der Waals surface area contributed by atoms with Crippen LogP contribution in [0, 0.1) is 0 Å². The van der Waals surface area contributed by atoms with Gasteiger partial charge < -0.3 is 9.64 Å². The summed E-state index contributed by atoms with van der Waals surface area (Å²) in [6.07, 6.45) is 1.53. The lowest BCUT2D eigenvalue weighted by molar-refractivity contribution is 0.0204. The van der Waals surface area contributed by atoms with Gasteiger partial charge in [0, 0.05) is 19.0 Å². The van der Waals surface area contributed by atoms with E-state index in [4.69, 9.17) is 4.74 Å². The molecule has 1 aliphatic heterocycles. The van der Waals surface area contributed by atoms with E-state index in [1.807, 2.05) is 20.8 Å². The van der Waals surface area contributed by atoms with Crippen molar-refractivity contribution in [3.8, 4) is 0 Å². The van der Waals surface area contributed by atoms with Crippen LogP contribution >= 0.6 is 15.9 Å². The number of carbonyl (C=O) groups excluding carboxylic acids is 1. The van der Waals surface area contributed by atoms with Crippen molar-refractivity contribution in [2.75, 3.05) is 13.1 Å². The van der Waals surface area contributed by atoms with Crippen LogP contribution in [0.15, 0.2) is 4.60 Å². The standard InChI is InChI=1S/C12H19BrN4O2/c1-12(2,3)19-11(18)17-6-4-8(5-7-17)9-10(13)15-16-14-9/h8H,4-7H2,1-3H3,(H,14,15,16). The van der Waals surface area contributed by atoms with Crippen molar-refractivity contribution in [2.45, 2.75) is 45.1 Å². The highest BCUT2D eigenvalue weighted by Gasteiger charge is 2.29. The molecule has 1 aromatic rings. The van der Waals surface area contributed by atoms with Gasteiger partial charge in [-0.3, -0.25) is 0 Å². The summed E-state index contributed by atoms with van der Waals surface area (Å²) < 4.78 is 6.14. The maximum Gasteiger partial charge on any atom is 0.410 e. The van der Waals surface area contributed by atoms with E-state index in [9.17, 15) is 4.79 Å². The zero-order valence-electron chi connectivity index (χ0n) is 11.4. The quantitative estimate of drug-likeness (QED) is 0.859. The summed E-state index contributed by atoms with van der Waals surface area (Å²) in [5, 5.41) is 10.7. The molecule has 6 nitrogen and oxygen atoms in total. The van der Waals surface area contributed by atoms with E-state index >= 15 is 0 Å². The first-order chi connectivity index (χ1) is 8.87. The number of piperidine rings is 1. The van der Waals surface area contributed by atoms with Gasteiger partial charge in [-0.15, -0.1) is 5.10 Å². The lowest BCUT2D eigenvalue weighted by Crippen LogP contribution is -2.41. The van der Waals surface area contributed by atoms with Crippen LogP contribution in [-0.2, 0) is 4.74 Å². The van der Waals surface area contributed by atoms with Gasteiger partial charge in [-0.2, -0.15) is 10.3 Å². The third-order valence-electron chi connectivity index (χ3n) is 3.06. The van der Waals surface area contributed by atoms with Gasteiger partial charge in [-0.1, -0.05) is 0 Å². The molecule has 0 aliphatic carbocycles. The van der Waals surface area contributed by atoms with Crippen molar-refractivity contribution in [3.63, 3.8) is 0 Å². The zero-order chi connectivity index (χ0) is 14.0. The highest BCUT2D eigenvalue weighted by Crippen LogP contribution is 2.30. The number of aromatic nitrogens is 3. The van der Waals surface area contributed by atoms with Crippen LogP contribution in [-0.4, -0.2) is 45.1 Å². The second-order valence-electron chi connectivity index (χ2n) is 5.74. The third-order valence-corrected chi connectivity index (χ3v) is 3.65. The summed E-state index contributed by atoms with van der Waals surface area (Å²) in [6.45, 7) is 7.02. The molecule has 7 heteroatoms. The predicted octanol–water partition coefficient (Wildman–Crippen LogP) is 2.68. The molecule has 1 amide bonds. The molecule has 0 unspecified atom stereocenters. The van der Waals surface area contributed by atoms with Crippen LogP contribution in [0.4, 0.5) is 4.79 Å². The number of amides is 1. The Morgan fingerprint density at radius 2 is 2.00 bits per heavy atom. The maximum absolute atomic E-state index is 11.9. The van der Waals surface area contributed by atoms with Crippen molar-refractivity contribution in [1.82, 2.24) is 20.3 Å². The van der Waals surface area contributed by atoms with Gasteiger partial charge in [0.2, 0.25) is 0 Å². The number of nitrogens with one attached hydrogen (secondary N) is 1. The summed E-state index contributed by atoms with van der Waals surface area (Å²) in [5.41, 5.74) is 0.507. The number of hydrogen-bond acceptors (Lipinski definition) is 4. The number of aromatic amines is 1. The maximum atomic E-state index is 11.9. The number of carbonyl (C=O) groups is 1. The fraction of sp³-hybridized carbons (Fsp3) is 0.750. The molecule has 1 aromatic heterocycles. The number of halogens is 1. The second-order valence-corrected chi connectivity index (χ2v) is 6.49. The van der Waals surface area contributed by atoms with Crippen LogP contribution < -0.4 is 0 Å². The minimum Gasteiger partial charge on any atom is -0.444 e. The molecule has 106 valence electrons. The average Bonchev–Trinajstić information content (AvgIpc) is 2.73. The normalized spacial score (nSPS) is 17.6. The highest BCUT2D eigenvalue weighted by molar-refractivity contribution is 9.10. The lowest BCUT2D eigenvalue weighted by atomic mass is 9.94. The van der Waals surface area contributed by atoms with Crippen LogP contribution in [0.25, 0.3) is 0 Å². The number of nitrogens with zero attached hydrogens (tertiary/aromatic N) is 3. The fourth-order valence-electron chi connectivity index (χ4n) is 2.15. The molecular weight excluding hydrogens is 312 g/mol. The first kappa shape index (κ1) is 14.3. The second kappa shape index (κ2) is 5.48. The van der Waals surface area contributed by atoms with Crippen molar-refractivity contribution in [1.29, 1.82) is 0 Å². The van der Waals surface area contributed by atoms with Crippen molar-refractivity contribution >= 4 is 22.0 Å². The summed E-state index contributed by atoms with van der Waals surface area (Å²) in [7, 11) is 0. The van der Waals surface area contributed by atoms with Gasteiger partial charge in [-0.05, 0) is 49.5 Å². The number of hydrogen-bond donors (Lipinski definition) is 1. The Balaban J connectivity index is 1.89. The topological polar surface area (TPSA) is 71.1 Å². The minimum absolute atomic E-state index is 0.231. The molecular formula is C12H19BrN4O2. The monoisotopic (exact) mass is 330 g/mol. The molecule has 19 heavy (non-hydrogen) atoms. The van der Waals surface area contributed by atoms with Gasteiger partial charge in [0.1, 0.15) is 11.3 Å². The molecule has 0 aromatic carbocycles. The van der Waals surface area contributed by atoms with Crippen molar-refractivity contribution in [3.05, 3.63) is 10.3 Å². The Labute approximate surface area is 121 Å².